The molecular formula is C17H19N3O3. The van der Waals surface area contributed by atoms with Crippen molar-refractivity contribution in [2.24, 2.45) is 11.7 Å². The van der Waals surface area contributed by atoms with E-state index >= 15 is 0 Å². The molecule has 1 fully saturated rings. The molecule has 0 saturated carbocycles. The third-order valence-corrected chi connectivity index (χ3v) is 4.53. The zero-order valence-corrected chi connectivity index (χ0v) is 12.9. The Morgan fingerprint density at radius 1 is 1.26 bits per heavy atom. The number of carbonyl (C=O) groups excluding carboxylic acids is 2. The number of hydrogen-bond acceptors (Lipinski definition) is 3. The van der Waals surface area contributed by atoms with Crippen LogP contribution in [-0.2, 0) is 4.79 Å². The number of benzene rings is 1. The van der Waals surface area contributed by atoms with Crippen LogP contribution < -0.4 is 11.3 Å². The maximum atomic E-state index is 12.8. The first-order valence-corrected chi connectivity index (χ1v) is 7.69. The second kappa shape index (κ2) is 5.87. The number of aromatic amines is 1. The van der Waals surface area contributed by atoms with Crippen molar-refractivity contribution in [3.63, 3.8) is 0 Å². The van der Waals surface area contributed by atoms with Crippen molar-refractivity contribution >= 4 is 22.6 Å². The van der Waals surface area contributed by atoms with E-state index in [0.29, 0.717) is 18.4 Å². The first kappa shape index (κ1) is 15.3. The van der Waals surface area contributed by atoms with Crippen molar-refractivity contribution in [2.45, 2.75) is 25.8 Å². The van der Waals surface area contributed by atoms with E-state index in [-0.39, 0.29) is 35.0 Å². The van der Waals surface area contributed by atoms with Gasteiger partial charge in [-0.1, -0.05) is 18.2 Å². The second-order valence-corrected chi connectivity index (χ2v) is 6.08. The molecule has 0 unspecified atom stereocenters. The van der Waals surface area contributed by atoms with Gasteiger partial charge in [0.15, 0.2) is 0 Å². The van der Waals surface area contributed by atoms with Crippen molar-refractivity contribution in [1.82, 2.24) is 9.88 Å². The van der Waals surface area contributed by atoms with Crippen molar-refractivity contribution in [3.8, 4) is 0 Å². The van der Waals surface area contributed by atoms with E-state index in [1.54, 1.807) is 29.2 Å². The number of primary amides is 1. The van der Waals surface area contributed by atoms with Gasteiger partial charge >= 0.3 is 0 Å². The molecule has 1 aliphatic heterocycles. The number of carbonyl (C=O) groups is 2. The van der Waals surface area contributed by atoms with E-state index in [0.717, 1.165) is 11.8 Å². The summed E-state index contributed by atoms with van der Waals surface area (Å²) in [7, 11) is 0. The average molecular weight is 313 g/mol. The first-order chi connectivity index (χ1) is 11.0. The van der Waals surface area contributed by atoms with Gasteiger partial charge in [-0.3, -0.25) is 14.4 Å². The molecule has 2 heterocycles. The molecule has 2 amide bonds. The number of aromatic nitrogens is 1. The number of H-pyrrole nitrogens is 1. The van der Waals surface area contributed by atoms with Crippen LogP contribution in [0.1, 0.15) is 30.3 Å². The van der Waals surface area contributed by atoms with E-state index in [1.165, 1.54) is 0 Å². The predicted molar refractivity (Wildman–Crippen MR) is 87.0 cm³/mol. The summed E-state index contributed by atoms with van der Waals surface area (Å²) in [5, 5.41) is 1.27. The minimum atomic E-state index is -0.387. The Balaban J connectivity index is 1.96. The molecule has 1 aliphatic rings. The summed E-state index contributed by atoms with van der Waals surface area (Å²) in [5.41, 5.74) is 5.33. The number of amides is 2. The zero-order valence-electron chi connectivity index (χ0n) is 12.9. The topological polar surface area (TPSA) is 96.3 Å². The lowest BCUT2D eigenvalue weighted by atomic mass is 9.92. The molecule has 3 N–H and O–H groups in total. The summed E-state index contributed by atoms with van der Waals surface area (Å²) in [6.45, 7) is 2.23. The highest BCUT2D eigenvalue weighted by atomic mass is 16.2. The van der Waals surface area contributed by atoms with Crippen LogP contribution in [0.2, 0.25) is 0 Å². The fraction of sp³-hybridized carbons (Fsp3) is 0.353. The summed E-state index contributed by atoms with van der Waals surface area (Å²) in [5.74, 6) is -0.990. The first-order valence-electron chi connectivity index (χ1n) is 7.69. The number of nitrogens with zero attached hydrogens (tertiary/aromatic N) is 1. The molecule has 2 aromatic rings. The molecule has 3 rings (SSSR count). The number of likely N-dealkylation sites (tertiary alicyclic amines) is 1. The molecule has 1 aromatic heterocycles. The van der Waals surface area contributed by atoms with Crippen molar-refractivity contribution < 1.29 is 9.59 Å². The highest BCUT2D eigenvalue weighted by Crippen LogP contribution is 2.23. The van der Waals surface area contributed by atoms with Crippen molar-refractivity contribution in [1.29, 1.82) is 0 Å². The standard InChI is InChI=1S/C17H19N3O3/c1-10-6-7-12(15(18)21)9-20(10)17(23)14-8-11-4-2-3-5-13(11)16(22)19-14/h2-5,8,10,12H,6-7,9H2,1H3,(H2,18,21)(H,19,22)/t10-,12+/m1/s1. The normalized spacial score (nSPS) is 21.3. The lowest BCUT2D eigenvalue weighted by Crippen LogP contribution is -2.49. The van der Waals surface area contributed by atoms with Crippen LogP contribution in [0.5, 0.6) is 0 Å². The molecule has 6 nitrogen and oxygen atoms in total. The number of pyridine rings is 1. The van der Waals surface area contributed by atoms with Gasteiger partial charge in [-0.15, -0.1) is 0 Å². The Morgan fingerprint density at radius 3 is 2.74 bits per heavy atom. The molecule has 0 spiro atoms. The van der Waals surface area contributed by atoms with Crippen molar-refractivity contribution in [3.05, 3.63) is 46.4 Å². The highest BCUT2D eigenvalue weighted by Gasteiger charge is 2.32. The molecular weight excluding hydrogens is 294 g/mol. The van der Waals surface area contributed by atoms with Gasteiger partial charge in [0.25, 0.3) is 11.5 Å². The van der Waals surface area contributed by atoms with Gasteiger partial charge in [0.05, 0.1) is 5.92 Å². The number of nitrogens with one attached hydrogen (secondary N) is 1. The number of nitrogens with two attached hydrogens (primary N) is 1. The summed E-state index contributed by atoms with van der Waals surface area (Å²) >= 11 is 0. The van der Waals surface area contributed by atoms with Crippen LogP contribution >= 0.6 is 0 Å². The van der Waals surface area contributed by atoms with Gasteiger partial charge < -0.3 is 15.6 Å². The monoisotopic (exact) mass is 313 g/mol. The molecule has 1 saturated heterocycles. The quantitative estimate of drug-likeness (QED) is 0.873. The van der Waals surface area contributed by atoms with E-state index < -0.39 is 0 Å². The number of hydrogen-bond donors (Lipinski definition) is 2. The van der Waals surface area contributed by atoms with Crippen LogP contribution in [0, 0.1) is 5.92 Å². The van der Waals surface area contributed by atoms with E-state index in [1.807, 2.05) is 13.0 Å². The van der Waals surface area contributed by atoms with Crippen LogP contribution in [0.15, 0.2) is 35.1 Å². The third-order valence-electron chi connectivity index (χ3n) is 4.53. The molecule has 0 bridgehead atoms. The lowest BCUT2D eigenvalue weighted by molar-refractivity contribution is -0.123. The van der Waals surface area contributed by atoms with Gasteiger partial charge in [0, 0.05) is 18.0 Å². The Morgan fingerprint density at radius 2 is 2.00 bits per heavy atom. The largest absolute Gasteiger partial charge is 0.369 e. The van der Waals surface area contributed by atoms with E-state index in [4.69, 9.17) is 5.73 Å². The highest BCUT2D eigenvalue weighted by molar-refractivity contribution is 5.96. The Kier molecular flexibility index (Phi) is 3.90. The average Bonchev–Trinajstić information content (AvgIpc) is 2.54. The van der Waals surface area contributed by atoms with Crippen LogP contribution in [-0.4, -0.2) is 34.3 Å². The summed E-state index contributed by atoms with van der Waals surface area (Å²) < 4.78 is 0. The third kappa shape index (κ3) is 2.84. The minimum Gasteiger partial charge on any atom is -0.369 e. The number of fused-ring (bicyclic) bond motifs is 1. The molecule has 6 heteroatoms. The van der Waals surface area contributed by atoms with Crippen LogP contribution in [0.25, 0.3) is 10.8 Å². The van der Waals surface area contributed by atoms with Crippen molar-refractivity contribution in [2.75, 3.05) is 6.54 Å². The van der Waals surface area contributed by atoms with Gasteiger partial charge in [-0.25, -0.2) is 0 Å². The molecule has 23 heavy (non-hydrogen) atoms. The molecule has 0 radical (unpaired) electrons. The van der Waals surface area contributed by atoms with Gasteiger partial charge in [-0.2, -0.15) is 0 Å². The zero-order chi connectivity index (χ0) is 16.6. The molecule has 120 valence electrons. The van der Waals surface area contributed by atoms with Gasteiger partial charge in [-0.05, 0) is 37.3 Å². The molecule has 0 aliphatic carbocycles. The number of rotatable bonds is 2. The maximum absolute atomic E-state index is 12.8. The van der Waals surface area contributed by atoms with Crippen LogP contribution in [0.3, 0.4) is 0 Å². The maximum Gasteiger partial charge on any atom is 0.270 e. The van der Waals surface area contributed by atoms with Gasteiger partial charge in [0.2, 0.25) is 5.91 Å². The Bertz CT molecular complexity index is 827. The number of piperidine rings is 1. The van der Waals surface area contributed by atoms with Gasteiger partial charge in [0.1, 0.15) is 5.69 Å². The summed E-state index contributed by atoms with van der Waals surface area (Å²) in [4.78, 5) is 40.6. The Hall–Kier alpha value is -2.63. The predicted octanol–water partition coefficient (Wildman–Crippen LogP) is 1.25. The summed E-state index contributed by atoms with van der Waals surface area (Å²) in [6.07, 6.45) is 1.41. The fourth-order valence-electron chi connectivity index (χ4n) is 3.10. The SMILES string of the molecule is C[C@@H]1CC[C@H](C(N)=O)CN1C(=O)c1cc2ccccc2c(=O)[nH]1. The van der Waals surface area contributed by atoms with E-state index in [9.17, 15) is 14.4 Å². The minimum absolute atomic E-state index is 0.00747. The van der Waals surface area contributed by atoms with Crippen LogP contribution in [0.4, 0.5) is 0 Å². The molecule has 2 atom stereocenters. The lowest BCUT2D eigenvalue weighted by Gasteiger charge is -2.36. The second-order valence-electron chi connectivity index (χ2n) is 6.08. The molecule has 1 aromatic carbocycles. The fourth-order valence-corrected chi connectivity index (χ4v) is 3.10. The Labute approximate surface area is 133 Å². The van der Waals surface area contributed by atoms with E-state index in [2.05, 4.69) is 4.98 Å². The smallest absolute Gasteiger partial charge is 0.270 e. The summed E-state index contributed by atoms with van der Waals surface area (Å²) in [6, 6.07) is 8.81.